The van der Waals surface area contributed by atoms with Crippen molar-refractivity contribution in [3.8, 4) is 0 Å². The molecule has 2 aromatic carbocycles. The van der Waals surface area contributed by atoms with Crippen LogP contribution in [0.15, 0.2) is 58.5 Å². The fourth-order valence-electron chi connectivity index (χ4n) is 4.29. The van der Waals surface area contributed by atoms with E-state index < -0.39 is 11.3 Å². The first-order valence-electron chi connectivity index (χ1n) is 13.3. The highest BCUT2D eigenvalue weighted by atomic mass is 32.2. The molecule has 8 nitrogen and oxygen atoms in total. The van der Waals surface area contributed by atoms with E-state index in [1.165, 1.54) is 22.2 Å². The molecule has 2 atom stereocenters. The van der Waals surface area contributed by atoms with Crippen LogP contribution in [0.3, 0.4) is 0 Å². The van der Waals surface area contributed by atoms with Crippen LogP contribution in [-0.4, -0.2) is 51.5 Å². The number of para-hydroxylation sites is 1. The second kappa shape index (κ2) is 12.9. The van der Waals surface area contributed by atoms with Gasteiger partial charge in [-0.3, -0.25) is 19.4 Å². The van der Waals surface area contributed by atoms with Crippen LogP contribution in [0.25, 0.3) is 0 Å². The molecule has 0 fully saturated rings. The zero-order chi connectivity index (χ0) is 27.1. The van der Waals surface area contributed by atoms with Gasteiger partial charge in [0.05, 0.1) is 10.9 Å². The smallest absolute Gasteiger partial charge is 0.259 e. The number of rotatable bonds is 11. The minimum Gasteiger partial charge on any atom is -0.356 e. The van der Waals surface area contributed by atoms with E-state index in [4.69, 9.17) is 9.98 Å². The highest BCUT2D eigenvalue weighted by Gasteiger charge is 2.42. The van der Waals surface area contributed by atoms with Crippen LogP contribution in [0.5, 0.6) is 0 Å². The number of thioether (sulfide) groups is 1. The fourth-order valence-corrected chi connectivity index (χ4v) is 5.33. The standard InChI is InChI=1S/C29H35N5O3S/c1-4-6-17-30-25(35)16-15-23-28(37)34-26(32-23)21-9-7-8-10-22(21)33-29(34)38-24(5-2)27(36)31-18-20-13-11-19(3)12-14-20/h7-14,23-24H,4-6,15-18H2,1-3H3,(H,30,35)(H,31,36)/t23-,24-/m0/s1. The summed E-state index contributed by atoms with van der Waals surface area (Å²) in [4.78, 5) is 49.9. The molecule has 0 bridgehead atoms. The molecule has 0 aliphatic carbocycles. The van der Waals surface area contributed by atoms with Gasteiger partial charge in [-0.25, -0.2) is 9.89 Å². The highest BCUT2D eigenvalue weighted by molar-refractivity contribution is 8.15. The van der Waals surface area contributed by atoms with Crippen molar-refractivity contribution in [2.24, 2.45) is 9.98 Å². The van der Waals surface area contributed by atoms with E-state index in [1.807, 2.05) is 62.4 Å². The summed E-state index contributed by atoms with van der Waals surface area (Å²) in [5.74, 6) is 0.146. The quantitative estimate of drug-likeness (QED) is 0.416. The molecule has 0 aromatic heterocycles. The number of nitrogens with zero attached hydrogens (tertiary/aromatic N) is 3. The number of unbranched alkanes of at least 4 members (excludes halogenated alkanes) is 1. The Bertz CT molecular complexity index is 1240. The Morgan fingerprint density at radius 3 is 2.58 bits per heavy atom. The van der Waals surface area contributed by atoms with Crippen molar-refractivity contribution < 1.29 is 14.4 Å². The second-order valence-electron chi connectivity index (χ2n) is 9.51. The van der Waals surface area contributed by atoms with Crippen molar-refractivity contribution in [3.05, 3.63) is 65.2 Å². The number of hydrogen-bond donors (Lipinski definition) is 2. The lowest BCUT2D eigenvalue weighted by Crippen LogP contribution is -2.43. The Hall–Kier alpha value is -3.46. The summed E-state index contributed by atoms with van der Waals surface area (Å²) in [5, 5.41) is 5.93. The van der Waals surface area contributed by atoms with E-state index in [1.54, 1.807) is 0 Å². The molecule has 2 heterocycles. The number of amidine groups is 2. The van der Waals surface area contributed by atoms with Crippen LogP contribution >= 0.6 is 11.8 Å². The second-order valence-corrected chi connectivity index (χ2v) is 10.7. The molecular formula is C29H35N5O3S. The Balaban J connectivity index is 1.47. The van der Waals surface area contributed by atoms with Gasteiger partial charge in [-0.2, -0.15) is 0 Å². The number of carbonyl (C=O) groups is 3. The summed E-state index contributed by atoms with van der Waals surface area (Å²) in [6.45, 7) is 7.12. The number of aliphatic imine (C=N–C) groups is 2. The van der Waals surface area contributed by atoms with Crippen LogP contribution in [-0.2, 0) is 20.9 Å². The van der Waals surface area contributed by atoms with Gasteiger partial charge < -0.3 is 10.6 Å². The van der Waals surface area contributed by atoms with Gasteiger partial charge in [0.15, 0.2) is 5.17 Å². The average Bonchev–Trinajstić information content (AvgIpc) is 3.26. The molecule has 0 saturated heterocycles. The summed E-state index contributed by atoms with van der Waals surface area (Å²) < 4.78 is 0. The molecule has 2 aliphatic rings. The monoisotopic (exact) mass is 533 g/mol. The van der Waals surface area contributed by atoms with Crippen LogP contribution in [0, 0.1) is 6.92 Å². The van der Waals surface area contributed by atoms with Crippen LogP contribution in [0.1, 0.15) is 62.6 Å². The van der Waals surface area contributed by atoms with Crippen LogP contribution < -0.4 is 10.6 Å². The molecule has 0 saturated carbocycles. The van der Waals surface area contributed by atoms with Gasteiger partial charge in [-0.15, -0.1) is 0 Å². The Morgan fingerprint density at radius 1 is 1.08 bits per heavy atom. The van der Waals surface area contributed by atoms with Gasteiger partial charge >= 0.3 is 0 Å². The van der Waals surface area contributed by atoms with E-state index in [-0.39, 0.29) is 24.1 Å². The molecule has 200 valence electrons. The molecule has 0 spiro atoms. The van der Waals surface area contributed by atoms with Crippen molar-refractivity contribution >= 4 is 46.2 Å². The maximum atomic E-state index is 13.5. The van der Waals surface area contributed by atoms with Gasteiger partial charge in [0.2, 0.25) is 11.8 Å². The number of nitrogens with one attached hydrogen (secondary N) is 2. The SMILES string of the molecule is CCCCNC(=O)CC[C@@H]1N=C2c3ccccc3N=C(S[C@@H](CC)C(=O)NCc3ccc(C)cc3)N2C1=O. The van der Waals surface area contributed by atoms with E-state index in [0.29, 0.717) is 42.6 Å². The molecule has 38 heavy (non-hydrogen) atoms. The summed E-state index contributed by atoms with van der Waals surface area (Å²) in [7, 11) is 0. The number of benzene rings is 2. The minimum atomic E-state index is -0.658. The molecule has 2 aromatic rings. The number of fused-ring (bicyclic) bond motifs is 3. The summed E-state index contributed by atoms with van der Waals surface area (Å²) >= 11 is 1.28. The highest BCUT2D eigenvalue weighted by Crippen LogP contribution is 2.35. The lowest BCUT2D eigenvalue weighted by Gasteiger charge is -2.27. The zero-order valence-electron chi connectivity index (χ0n) is 22.2. The van der Waals surface area contributed by atoms with Gasteiger partial charge in [0.1, 0.15) is 11.9 Å². The summed E-state index contributed by atoms with van der Waals surface area (Å²) in [5.41, 5.74) is 3.68. The van der Waals surface area contributed by atoms with Crippen molar-refractivity contribution in [3.63, 3.8) is 0 Å². The first-order valence-corrected chi connectivity index (χ1v) is 14.2. The molecule has 3 amide bonds. The Labute approximate surface area is 228 Å². The summed E-state index contributed by atoms with van der Waals surface area (Å²) in [6, 6.07) is 14.9. The van der Waals surface area contributed by atoms with Crippen molar-refractivity contribution in [1.82, 2.24) is 15.5 Å². The molecular weight excluding hydrogens is 498 g/mol. The van der Waals surface area contributed by atoms with E-state index in [9.17, 15) is 14.4 Å². The molecule has 2 N–H and O–H groups in total. The third-order valence-electron chi connectivity index (χ3n) is 6.54. The minimum absolute atomic E-state index is 0.0729. The van der Waals surface area contributed by atoms with E-state index in [2.05, 4.69) is 17.6 Å². The van der Waals surface area contributed by atoms with E-state index >= 15 is 0 Å². The lowest BCUT2D eigenvalue weighted by molar-refractivity contribution is -0.125. The van der Waals surface area contributed by atoms with Gasteiger partial charge in [0, 0.05) is 25.1 Å². The van der Waals surface area contributed by atoms with Gasteiger partial charge in [0.25, 0.3) is 5.91 Å². The maximum Gasteiger partial charge on any atom is 0.259 e. The lowest BCUT2D eigenvalue weighted by atomic mass is 10.1. The number of aryl methyl sites for hydroxylation is 1. The average molecular weight is 534 g/mol. The number of hydrogen-bond acceptors (Lipinski definition) is 6. The Morgan fingerprint density at radius 2 is 1.84 bits per heavy atom. The number of carbonyl (C=O) groups excluding carboxylic acids is 3. The first-order chi connectivity index (χ1) is 18.4. The largest absolute Gasteiger partial charge is 0.356 e. The topological polar surface area (TPSA) is 103 Å². The summed E-state index contributed by atoms with van der Waals surface area (Å²) in [6.07, 6.45) is 3.05. The molecule has 2 aliphatic heterocycles. The van der Waals surface area contributed by atoms with Crippen molar-refractivity contribution in [2.45, 2.75) is 70.7 Å². The van der Waals surface area contributed by atoms with Gasteiger partial charge in [-0.1, -0.05) is 74.0 Å². The van der Waals surface area contributed by atoms with Crippen LogP contribution in [0.4, 0.5) is 5.69 Å². The first kappa shape index (κ1) is 27.6. The molecule has 0 unspecified atom stereocenters. The number of amides is 3. The van der Waals surface area contributed by atoms with Crippen molar-refractivity contribution in [2.75, 3.05) is 6.54 Å². The predicted molar refractivity (Wildman–Crippen MR) is 153 cm³/mol. The van der Waals surface area contributed by atoms with Crippen molar-refractivity contribution in [1.29, 1.82) is 0 Å². The van der Waals surface area contributed by atoms with Gasteiger partial charge in [-0.05, 0) is 43.9 Å². The Kier molecular flexibility index (Phi) is 9.33. The molecule has 4 rings (SSSR count). The zero-order valence-corrected chi connectivity index (χ0v) is 23.0. The molecule has 9 heteroatoms. The van der Waals surface area contributed by atoms with Crippen LogP contribution in [0.2, 0.25) is 0 Å². The third kappa shape index (κ3) is 6.51. The predicted octanol–water partition coefficient (Wildman–Crippen LogP) is 4.48. The van der Waals surface area contributed by atoms with E-state index in [0.717, 1.165) is 24.0 Å². The maximum absolute atomic E-state index is 13.5. The normalized spacial score (nSPS) is 16.8. The fraction of sp³-hybridized carbons (Fsp3) is 0.414. The molecule has 0 radical (unpaired) electrons. The third-order valence-corrected chi connectivity index (χ3v) is 7.86.